The van der Waals surface area contributed by atoms with Crippen molar-refractivity contribution in [1.82, 2.24) is 25.8 Å². The number of halogens is 7. The third-order valence-electron chi connectivity index (χ3n) is 11.9. The number of nitrogens with two attached hydrogens (primary N) is 1. The average molecular weight is 917 g/mol. The summed E-state index contributed by atoms with van der Waals surface area (Å²) in [5, 5.41) is 18.5. The lowest BCUT2D eigenvalue weighted by atomic mass is 9.82. The molecule has 3 aliphatic heterocycles. The Morgan fingerprint density at radius 3 is 2.26 bits per heavy atom. The molecule has 3 fully saturated rings. The van der Waals surface area contributed by atoms with Crippen molar-refractivity contribution in [2.45, 2.75) is 82.1 Å². The molecule has 13 nitrogen and oxygen atoms in total. The number of hydrogen-bond acceptors (Lipinski definition) is 11. The van der Waals surface area contributed by atoms with Gasteiger partial charge in [-0.15, -0.1) is 0 Å². The number of alkyl carbamates (subject to hydrolysis) is 1. The predicted molar refractivity (Wildman–Crippen MR) is 228 cm³/mol. The van der Waals surface area contributed by atoms with Gasteiger partial charge in [-0.3, -0.25) is 14.7 Å². The number of ether oxygens (including phenoxy) is 2. The highest BCUT2D eigenvalue weighted by atomic mass is 19.4. The zero-order chi connectivity index (χ0) is 47.1. The first kappa shape index (κ1) is 48.7. The van der Waals surface area contributed by atoms with Crippen LogP contribution in [-0.2, 0) is 27.2 Å². The number of benzene rings is 2. The smallest absolute Gasteiger partial charge is 0.407 e. The van der Waals surface area contributed by atoms with E-state index in [1.165, 1.54) is 0 Å². The summed E-state index contributed by atoms with van der Waals surface area (Å²) >= 11 is 0. The largest absolute Gasteiger partial charge is 0.453 e. The number of aliphatic hydroxyl groups excluding tert-OH is 1. The number of amides is 2. The summed E-state index contributed by atoms with van der Waals surface area (Å²) in [5.74, 6) is 3.72. The number of allylic oxidation sites excluding steroid dienone is 1. The van der Waals surface area contributed by atoms with E-state index >= 15 is 8.78 Å². The van der Waals surface area contributed by atoms with Crippen LogP contribution in [0.4, 0.5) is 41.3 Å². The first-order valence-electron chi connectivity index (χ1n) is 20.8. The van der Waals surface area contributed by atoms with Crippen LogP contribution in [-0.4, -0.2) is 129 Å². The number of piperazine rings is 1. The van der Waals surface area contributed by atoms with Gasteiger partial charge in [-0.25, -0.2) is 27.3 Å². The fourth-order valence-corrected chi connectivity index (χ4v) is 7.85. The number of alkyl halides is 5. The first-order valence-corrected chi connectivity index (χ1v) is 20.8. The van der Waals surface area contributed by atoms with E-state index in [4.69, 9.17) is 10.5 Å². The molecule has 2 aromatic carbocycles. The molecule has 4 heterocycles. The Morgan fingerprint density at radius 2 is 1.69 bits per heavy atom. The van der Waals surface area contributed by atoms with Crippen LogP contribution < -0.4 is 26.6 Å². The number of rotatable bonds is 17. The summed E-state index contributed by atoms with van der Waals surface area (Å²) in [5.41, 5.74) is 4.15. The van der Waals surface area contributed by atoms with Gasteiger partial charge in [0.2, 0.25) is 5.91 Å². The topological polar surface area (TPSA) is 167 Å². The van der Waals surface area contributed by atoms with Crippen LogP contribution in [0.25, 0.3) is 5.70 Å². The molecule has 20 heteroatoms. The number of anilines is 1. The monoisotopic (exact) mass is 916 g/mol. The van der Waals surface area contributed by atoms with Crippen LogP contribution >= 0.6 is 0 Å². The van der Waals surface area contributed by atoms with Gasteiger partial charge in [0, 0.05) is 78.6 Å². The zero-order valence-electron chi connectivity index (χ0n) is 35.8. The Hall–Kier alpha value is -5.75. The standard InChI is InChI=1S/C45H51F7N8O5/c1-44(2,45(50,51)52)41(58-43(63)64-3)42(62)57-37(38(61)20-55-19-33-34(46)15-29(16-35(33)47)36(53)12-13-54-21-39(48)49)14-27-7-4-26(5-8-27)6-9-28-10-11-40(56-18-28)60-23-30-17-31(60)22-59(30)32-24-65-25-32/h4-5,7-8,10-13,15-16,18,30-32,37-39,41,55,61H,14,17,19-25,53H2,1-3H3,(H,57,62)(H,58,63)/t30-,31-,37+,38+,41-/m1/s1. The van der Waals surface area contributed by atoms with Gasteiger partial charge in [-0.2, -0.15) is 13.2 Å². The number of aliphatic hydroxyl groups is 1. The van der Waals surface area contributed by atoms with Crippen LogP contribution in [0.3, 0.4) is 0 Å². The van der Waals surface area contributed by atoms with Crippen LogP contribution in [0.5, 0.6) is 0 Å². The predicted octanol–water partition coefficient (Wildman–Crippen LogP) is 4.55. The van der Waals surface area contributed by atoms with Crippen LogP contribution in [0.15, 0.2) is 65.8 Å². The molecule has 350 valence electrons. The normalized spacial score (nSPS) is 19.4. The molecule has 6 rings (SSSR count). The van der Waals surface area contributed by atoms with Gasteiger partial charge in [0.15, 0.2) is 0 Å². The van der Waals surface area contributed by atoms with Gasteiger partial charge in [0.1, 0.15) is 23.5 Å². The van der Waals surface area contributed by atoms with E-state index in [0.29, 0.717) is 34.8 Å². The number of pyridine rings is 1. The van der Waals surface area contributed by atoms with Crippen LogP contribution in [0.2, 0.25) is 0 Å². The van der Waals surface area contributed by atoms with E-state index in [1.807, 2.05) is 17.4 Å². The molecule has 1 aromatic heterocycles. The minimum absolute atomic E-state index is 0.0913. The Labute approximate surface area is 371 Å². The molecule has 0 saturated carbocycles. The van der Waals surface area contributed by atoms with E-state index in [-0.39, 0.29) is 17.7 Å². The van der Waals surface area contributed by atoms with Crippen molar-refractivity contribution in [2.24, 2.45) is 16.1 Å². The van der Waals surface area contributed by atoms with Crippen LogP contribution in [0, 0.1) is 28.9 Å². The molecule has 5 atom stereocenters. The van der Waals surface area contributed by atoms with Gasteiger partial charge in [-0.1, -0.05) is 24.0 Å². The van der Waals surface area contributed by atoms with E-state index in [0.717, 1.165) is 83.9 Å². The maximum atomic E-state index is 15.1. The van der Waals surface area contributed by atoms with Crippen molar-refractivity contribution in [3.8, 4) is 11.8 Å². The third kappa shape index (κ3) is 12.1. The number of methoxy groups -OCH3 is 1. The van der Waals surface area contributed by atoms with Gasteiger partial charge in [0.05, 0.1) is 50.5 Å². The molecule has 6 N–H and O–H groups in total. The van der Waals surface area contributed by atoms with Crippen molar-refractivity contribution in [3.63, 3.8) is 0 Å². The lowest BCUT2D eigenvalue weighted by molar-refractivity contribution is -0.220. The molecule has 0 unspecified atom stereocenters. The number of hydrogen-bond donors (Lipinski definition) is 5. The molecule has 3 saturated heterocycles. The molecule has 0 radical (unpaired) electrons. The minimum atomic E-state index is -4.98. The number of nitrogens with one attached hydrogen (secondary N) is 3. The van der Waals surface area contributed by atoms with E-state index in [1.54, 1.807) is 30.5 Å². The van der Waals surface area contributed by atoms with Gasteiger partial charge >= 0.3 is 12.3 Å². The molecule has 2 bridgehead atoms. The summed E-state index contributed by atoms with van der Waals surface area (Å²) in [6.45, 7) is 3.25. The van der Waals surface area contributed by atoms with Crippen molar-refractivity contribution in [3.05, 3.63) is 100 Å². The van der Waals surface area contributed by atoms with Gasteiger partial charge < -0.3 is 41.2 Å². The minimum Gasteiger partial charge on any atom is -0.453 e. The van der Waals surface area contributed by atoms with E-state index in [9.17, 15) is 36.6 Å². The highest BCUT2D eigenvalue weighted by Crippen LogP contribution is 2.41. The number of carbonyl (C=O) groups excluding carboxylic acids is 2. The second-order valence-electron chi connectivity index (χ2n) is 16.7. The average Bonchev–Trinajstić information content (AvgIpc) is 3.85. The third-order valence-corrected chi connectivity index (χ3v) is 11.9. The lowest BCUT2D eigenvalue weighted by Crippen LogP contribution is -2.62. The second-order valence-corrected chi connectivity index (χ2v) is 16.7. The van der Waals surface area contributed by atoms with Crippen molar-refractivity contribution < 1.29 is 54.9 Å². The SMILES string of the molecule is COC(=O)N[C@H](C(=O)N[C@@H](Cc1ccc(C#Cc2ccc(N3C[C@H]4C[C@@H]3CN4C3COC3)nc2)cc1)[C@@H](O)CNCc1c(F)cc(C(N)=CC=NCC(F)F)cc1F)C(C)(C)C(F)(F)F. The Kier molecular flexibility index (Phi) is 15.8. The molecule has 3 aliphatic rings. The summed E-state index contributed by atoms with van der Waals surface area (Å²) in [4.78, 5) is 38.8. The number of carbonyl (C=O) groups is 2. The molecule has 2 amide bonds. The lowest BCUT2D eigenvalue weighted by Gasteiger charge is -2.42. The quantitative estimate of drug-likeness (QED) is 0.0738. The maximum Gasteiger partial charge on any atom is 0.407 e. The second kappa shape index (κ2) is 21.0. The number of nitrogens with zero attached hydrogens (tertiary/aromatic N) is 4. The summed E-state index contributed by atoms with van der Waals surface area (Å²) in [6, 6.07) is 10.3. The van der Waals surface area contributed by atoms with E-state index in [2.05, 4.69) is 47.0 Å². The highest BCUT2D eigenvalue weighted by Gasteiger charge is 2.56. The Morgan fingerprint density at radius 1 is 1.02 bits per heavy atom. The Bertz CT molecular complexity index is 2240. The summed E-state index contributed by atoms with van der Waals surface area (Å²) < 4.78 is 107. The van der Waals surface area contributed by atoms with Gasteiger partial charge in [0.25, 0.3) is 6.43 Å². The van der Waals surface area contributed by atoms with E-state index < -0.39 is 85.0 Å². The molecule has 3 aromatic rings. The number of likely N-dealkylation sites (tertiary alicyclic amines) is 1. The van der Waals surface area contributed by atoms with Gasteiger partial charge in [-0.05, 0) is 74.7 Å². The fourth-order valence-electron chi connectivity index (χ4n) is 7.85. The molecular weight excluding hydrogens is 866 g/mol. The maximum absolute atomic E-state index is 15.1. The number of aromatic nitrogens is 1. The molecule has 65 heavy (non-hydrogen) atoms. The number of fused-ring (bicyclic) bond motifs is 2. The zero-order valence-corrected chi connectivity index (χ0v) is 35.8. The summed E-state index contributed by atoms with van der Waals surface area (Å²) in [6.07, 6.45) is -5.76. The number of aliphatic imine (C=N–C) groups is 1. The Balaban J connectivity index is 1.13. The van der Waals surface area contributed by atoms with Crippen molar-refractivity contribution in [1.29, 1.82) is 0 Å². The fraction of sp³-hybridized carbons (Fsp3) is 0.467. The summed E-state index contributed by atoms with van der Waals surface area (Å²) in [7, 11) is 0.918. The highest BCUT2D eigenvalue weighted by molar-refractivity contribution is 5.87. The van der Waals surface area contributed by atoms with Crippen molar-refractivity contribution in [2.75, 3.05) is 51.4 Å². The van der Waals surface area contributed by atoms with Crippen LogP contribution in [0.1, 0.15) is 48.1 Å². The molecule has 0 aliphatic carbocycles. The molecular formula is C45H51F7N8O5. The molecule has 0 spiro atoms. The first-order chi connectivity index (χ1) is 30.8. The van der Waals surface area contributed by atoms with Crippen molar-refractivity contribution >= 4 is 29.7 Å².